The van der Waals surface area contributed by atoms with Crippen molar-refractivity contribution in [2.75, 3.05) is 6.61 Å². The summed E-state index contributed by atoms with van der Waals surface area (Å²) in [6.45, 7) is 1.98. The third-order valence-electron chi connectivity index (χ3n) is 3.98. The third-order valence-corrected chi connectivity index (χ3v) is 3.98. The van der Waals surface area contributed by atoms with Gasteiger partial charge in [0.05, 0.1) is 18.5 Å². The summed E-state index contributed by atoms with van der Waals surface area (Å²) in [5.41, 5.74) is -1.05. The zero-order chi connectivity index (χ0) is 14.8. The standard InChI is InChI=1S/C13H19N3O4/c1-8-2-4-13(6-17,5-3-8)16-11(18)9-10(12(19)20)15-7-14-9/h7-8,17H,2-6H2,1H3,(H,14,15)(H,16,18)(H,19,20). The van der Waals surface area contributed by atoms with Crippen molar-refractivity contribution in [1.82, 2.24) is 15.3 Å². The molecular weight excluding hydrogens is 262 g/mol. The van der Waals surface area contributed by atoms with Gasteiger partial charge in [-0.2, -0.15) is 0 Å². The smallest absolute Gasteiger partial charge is 0.354 e. The Kier molecular flexibility index (Phi) is 4.08. The van der Waals surface area contributed by atoms with Gasteiger partial charge in [-0.3, -0.25) is 4.79 Å². The molecule has 0 unspecified atom stereocenters. The number of carboxylic acids is 1. The number of aromatic nitrogens is 2. The minimum absolute atomic E-state index is 0.149. The molecular formula is C13H19N3O4. The number of hydrogen-bond acceptors (Lipinski definition) is 4. The second-order valence-electron chi connectivity index (χ2n) is 5.51. The van der Waals surface area contributed by atoms with E-state index in [1.807, 2.05) is 0 Å². The van der Waals surface area contributed by atoms with Gasteiger partial charge in [-0.15, -0.1) is 0 Å². The molecule has 7 heteroatoms. The molecule has 7 nitrogen and oxygen atoms in total. The van der Waals surface area contributed by atoms with Gasteiger partial charge in [-0.05, 0) is 31.6 Å². The summed E-state index contributed by atoms with van der Waals surface area (Å²) in [7, 11) is 0. The van der Waals surface area contributed by atoms with E-state index in [2.05, 4.69) is 22.2 Å². The number of hydrogen-bond donors (Lipinski definition) is 4. The van der Waals surface area contributed by atoms with Crippen molar-refractivity contribution < 1.29 is 19.8 Å². The molecule has 0 spiro atoms. The second kappa shape index (κ2) is 5.62. The first kappa shape index (κ1) is 14.5. The molecule has 1 aliphatic rings. The van der Waals surface area contributed by atoms with Gasteiger partial charge in [-0.25, -0.2) is 9.78 Å². The summed E-state index contributed by atoms with van der Waals surface area (Å²) in [6, 6.07) is 0. The number of nitrogens with one attached hydrogen (secondary N) is 2. The van der Waals surface area contributed by atoms with Gasteiger partial charge in [0, 0.05) is 0 Å². The van der Waals surface area contributed by atoms with E-state index >= 15 is 0 Å². The van der Waals surface area contributed by atoms with Crippen molar-refractivity contribution in [2.45, 2.75) is 38.1 Å². The van der Waals surface area contributed by atoms with E-state index in [1.165, 1.54) is 6.33 Å². The zero-order valence-electron chi connectivity index (χ0n) is 11.3. The number of amides is 1. The predicted octanol–water partition coefficient (Wildman–Crippen LogP) is 0.779. The number of aliphatic hydroxyl groups excluding tert-OH is 1. The molecule has 0 saturated heterocycles. The van der Waals surface area contributed by atoms with Gasteiger partial charge in [-0.1, -0.05) is 6.92 Å². The van der Waals surface area contributed by atoms with Crippen LogP contribution in [0.1, 0.15) is 53.6 Å². The lowest BCUT2D eigenvalue weighted by Gasteiger charge is -2.38. The summed E-state index contributed by atoms with van der Waals surface area (Å²) < 4.78 is 0. The summed E-state index contributed by atoms with van der Waals surface area (Å²) in [5, 5.41) is 21.3. The lowest BCUT2D eigenvalue weighted by Crippen LogP contribution is -2.53. The van der Waals surface area contributed by atoms with Crippen LogP contribution in [0.15, 0.2) is 6.33 Å². The average Bonchev–Trinajstić information content (AvgIpc) is 2.91. The van der Waals surface area contributed by atoms with Gasteiger partial charge in [0.2, 0.25) is 0 Å². The summed E-state index contributed by atoms with van der Waals surface area (Å²) in [6.07, 6.45) is 4.39. The van der Waals surface area contributed by atoms with Crippen molar-refractivity contribution in [3.63, 3.8) is 0 Å². The van der Waals surface area contributed by atoms with Crippen molar-refractivity contribution in [2.24, 2.45) is 5.92 Å². The number of carbonyl (C=O) groups is 2. The Balaban J connectivity index is 2.13. The number of carbonyl (C=O) groups excluding carboxylic acids is 1. The second-order valence-corrected chi connectivity index (χ2v) is 5.51. The van der Waals surface area contributed by atoms with E-state index in [-0.39, 0.29) is 18.0 Å². The SMILES string of the molecule is CC1CCC(CO)(NC(=O)c2nc[nH]c2C(=O)O)CC1. The number of aliphatic hydroxyl groups is 1. The van der Waals surface area contributed by atoms with Crippen molar-refractivity contribution in [3.8, 4) is 0 Å². The Morgan fingerprint density at radius 1 is 1.50 bits per heavy atom. The van der Waals surface area contributed by atoms with Crippen LogP contribution < -0.4 is 5.32 Å². The Morgan fingerprint density at radius 3 is 2.70 bits per heavy atom. The quantitative estimate of drug-likeness (QED) is 0.651. The molecule has 20 heavy (non-hydrogen) atoms. The molecule has 2 rings (SSSR count). The molecule has 0 radical (unpaired) electrons. The van der Waals surface area contributed by atoms with E-state index in [1.54, 1.807) is 0 Å². The Morgan fingerprint density at radius 2 is 2.15 bits per heavy atom. The summed E-state index contributed by atoms with van der Waals surface area (Å²) >= 11 is 0. The van der Waals surface area contributed by atoms with Crippen LogP contribution in [0.3, 0.4) is 0 Å². The third kappa shape index (κ3) is 2.82. The Hall–Kier alpha value is -1.89. The van der Waals surface area contributed by atoms with Crippen LogP contribution in [0.4, 0.5) is 0 Å². The molecule has 1 fully saturated rings. The van der Waals surface area contributed by atoms with E-state index in [0.717, 1.165) is 12.8 Å². The molecule has 0 aromatic carbocycles. The van der Waals surface area contributed by atoms with E-state index < -0.39 is 17.4 Å². The molecule has 0 bridgehead atoms. The topological polar surface area (TPSA) is 115 Å². The molecule has 1 aromatic rings. The fourth-order valence-corrected chi connectivity index (χ4v) is 2.57. The molecule has 1 saturated carbocycles. The first-order valence-electron chi connectivity index (χ1n) is 6.67. The Labute approximate surface area is 116 Å². The predicted molar refractivity (Wildman–Crippen MR) is 70.5 cm³/mol. The first-order chi connectivity index (χ1) is 9.47. The summed E-state index contributed by atoms with van der Waals surface area (Å²) in [5.74, 6) is -1.22. The highest BCUT2D eigenvalue weighted by molar-refractivity contribution is 6.02. The molecule has 1 heterocycles. The molecule has 1 amide bonds. The molecule has 1 aliphatic carbocycles. The Bertz CT molecular complexity index is 503. The van der Waals surface area contributed by atoms with Crippen LogP contribution in [0.25, 0.3) is 0 Å². The van der Waals surface area contributed by atoms with E-state index in [4.69, 9.17) is 5.11 Å². The van der Waals surface area contributed by atoms with Gasteiger partial charge < -0.3 is 20.5 Å². The van der Waals surface area contributed by atoms with Crippen LogP contribution in [0, 0.1) is 5.92 Å². The number of carboxylic acid groups (broad SMARTS) is 1. The zero-order valence-corrected chi connectivity index (χ0v) is 11.3. The van der Waals surface area contributed by atoms with Crippen LogP contribution >= 0.6 is 0 Å². The normalized spacial score (nSPS) is 26.2. The van der Waals surface area contributed by atoms with Crippen molar-refractivity contribution in [3.05, 3.63) is 17.7 Å². The maximum absolute atomic E-state index is 12.2. The van der Waals surface area contributed by atoms with Gasteiger partial charge >= 0.3 is 5.97 Å². The molecule has 0 atom stereocenters. The fourth-order valence-electron chi connectivity index (χ4n) is 2.57. The van der Waals surface area contributed by atoms with Crippen LogP contribution in [0.2, 0.25) is 0 Å². The molecule has 1 aromatic heterocycles. The summed E-state index contributed by atoms with van der Waals surface area (Å²) in [4.78, 5) is 29.3. The van der Waals surface area contributed by atoms with E-state index in [0.29, 0.717) is 18.8 Å². The number of nitrogens with zero attached hydrogens (tertiary/aromatic N) is 1. The molecule has 4 N–H and O–H groups in total. The number of H-pyrrole nitrogens is 1. The lowest BCUT2D eigenvalue weighted by atomic mass is 9.77. The molecule has 110 valence electrons. The maximum atomic E-state index is 12.2. The average molecular weight is 281 g/mol. The van der Waals surface area contributed by atoms with Crippen LogP contribution in [-0.4, -0.2) is 44.2 Å². The highest BCUT2D eigenvalue weighted by atomic mass is 16.4. The van der Waals surface area contributed by atoms with Gasteiger partial charge in [0.15, 0.2) is 11.4 Å². The van der Waals surface area contributed by atoms with Crippen LogP contribution in [0.5, 0.6) is 0 Å². The van der Waals surface area contributed by atoms with Gasteiger partial charge in [0.25, 0.3) is 5.91 Å². The lowest BCUT2D eigenvalue weighted by molar-refractivity contribution is 0.0663. The highest BCUT2D eigenvalue weighted by Gasteiger charge is 2.36. The minimum atomic E-state index is -1.23. The number of aromatic amines is 1. The van der Waals surface area contributed by atoms with Crippen LogP contribution in [-0.2, 0) is 0 Å². The van der Waals surface area contributed by atoms with Crippen molar-refractivity contribution >= 4 is 11.9 Å². The first-order valence-corrected chi connectivity index (χ1v) is 6.67. The fraction of sp³-hybridized carbons (Fsp3) is 0.615. The van der Waals surface area contributed by atoms with Crippen molar-refractivity contribution in [1.29, 1.82) is 0 Å². The monoisotopic (exact) mass is 281 g/mol. The maximum Gasteiger partial charge on any atom is 0.354 e. The molecule has 0 aliphatic heterocycles. The highest BCUT2D eigenvalue weighted by Crippen LogP contribution is 2.31. The number of imidazole rings is 1. The minimum Gasteiger partial charge on any atom is -0.477 e. The van der Waals surface area contributed by atoms with E-state index in [9.17, 15) is 14.7 Å². The number of rotatable bonds is 4. The van der Waals surface area contributed by atoms with Gasteiger partial charge in [0.1, 0.15) is 0 Å². The number of aromatic carboxylic acids is 1. The largest absolute Gasteiger partial charge is 0.477 e.